The Kier molecular flexibility index (Phi) is 7.52. The number of ether oxygens (including phenoxy) is 2. The van der Waals surface area contributed by atoms with E-state index >= 15 is 0 Å². The Bertz CT molecular complexity index is 1200. The zero-order valence-corrected chi connectivity index (χ0v) is 18.6. The third-order valence-electron chi connectivity index (χ3n) is 4.51. The van der Waals surface area contributed by atoms with Gasteiger partial charge in [-0.1, -0.05) is 42.5 Å². The van der Waals surface area contributed by atoms with Crippen LogP contribution in [0.3, 0.4) is 0 Å². The van der Waals surface area contributed by atoms with Gasteiger partial charge in [0.25, 0.3) is 5.91 Å². The van der Waals surface area contributed by atoms with Crippen molar-refractivity contribution in [3.63, 3.8) is 0 Å². The van der Waals surface area contributed by atoms with Gasteiger partial charge in [0, 0.05) is 5.56 Å². The first-order chi connectivity index (χ1) is 15.4. The Balaban J connectivity index is 1.75. The third kappa shape index (κ3) is 5.47. The number of halogens is 1. The van der Waals surface area contributed by atoms with E-state index in [0.29, 0.717) is 39.7 Å². The minimum Gasteiger partial charge on any atom is -0.493 e. The molecule has 0 aliphatic carbocycles. The van der Waals surface area contributed by atoms with Gasteiger partial charge >= 0.3 is 0 Å². The Morgan fingerprint density at radius 2 is 2.09 bits per heavy atom. The third-order valence-corrected chi connectivity index (χ3v) is 5.49. The molecular weight excluding hydrogens is 431 g/mol. The lowest BCUT2D eigenvalue weighted by Gasteiger charge is -2.12. The predicted molar refractivity (Wildman–Crippen MR) is 120 cm³/mol. The Hall–Kier alpha value is -3.77. The highest BCUT2D eigenvalue weighted by molar-refractivity contribution is 7.15. The molecule has 0 fully saturated rings. The molecular formula is C23H21FN4O3S. The van der Waals surface area contributed by atoms with Crippen LogP contribution in [0.25, 0.3) is 6.08 Å². The van der Waals surface area contributed by atoms with E-state index < -0.39 is 5.91 Å². The lowest BCUT2D eigenvalue weighted by molar-refractivity contribution is -0.112. The molecule has 7 nitrogen and oxygen atoms in total. The maximum Gasteiger partial charge on any atom is 0.268 e. The summed E-state index contributed by atoms with van der Waals surface area (Å²) < 4.78 is 25.3. The van der Waals surface area contributed by atoms with Gasteiger partial charge in [0.1, 0.15) is 29.1 Å². The molecule has 1 aromatic heterocycles. The van der Waals surface area contributed by atoms with Crippen molar-refractivity contribution in [2.24, 2.45) is 0 Å². The van der Waals surface area contributed by atoms with Crippen LogP contribution in [0.2, 0.25) is 0 Å². The van der Waals surface area contributed by atoms with Crippen LogP contribution in [0.1, 0.15) is 28.6 Å². The van der Waals surface area contributed by atoms with Crippen LogP contribution in [-0.2, 0) is 17.8 Å². The molecule has 32 heavy (non-hydrogen) atoms. The first-order valence-electron chi connectivity index (χ1n) is 9.75. The maximum atomic E-state index is 14.2. The van der Waals surface area contributed by atoms with E-state index in [2.05, 4.69) is 15.5 Å². The number of benzene rings is 2. The Morgan fingerprint density at radius 3 is 2.78 bits per heavy atom. The number of nitrogens with zero attached hydrogens (tertiary/aromatic N) is 3. The second-order valence-electron chi connectivity index (χ2n) is 6.73. The number of hydrogen-bond acceptors (Lipinski definition) is 7. The average Bonchev–Trinajstić information content (AvgIpc) is 3.26. The van der Waals surface area contributed by atoms with Gasteiger partial charge in [-0.25, -0.2) is 4.39 Å². The molecule has 0 unspecified atom stereocenters. The van der Waals surface area contributed by atoms with Gasteiger partial charge in [0.2, 0.25) is 5.13 Å². The molecule has 1 N–H and O–H groups in total. The molecule has 164 valence electrons. The fourth-order valence-electron chi connectivity index (χ4n) is 2.80. The van der Waals surface area contributed by atoms with Crippen molar-refractivity contribution in [2.45, 2.75) is 26.9 Å². The van der Waals surface area contributed by atoms with Crippen LogP contribution in [0, 0.1) is 24.1 Å². The molecule has 9 heteroatoms. The summed E-state index contributed by atoms with van der Waals surface area (Å²) in [5.74, 6) is -0.0895. The van der Waals surface area contributed by atoms with Crippen LogP contribution < -0.4 is 14.8 Å². The van der Waals surface area contributed by atoms with Crippen LogP contribution >= 0.6 is 11.3 Å². The molecule has 0 radical (unpaired) electrons. The summed E-state index contributed by atoms with van der Waals surface area (Å²) in [6.45, 7) is 3.66. The zero-order valence-electron chi connectivity index (χ0n) is 17.8. The highest BCUT2D eigenvalue weighted by Crippen LogP contribution is 2.30. The quantitative estimate of drug-likeness (QED) is 0.394. The van der Waals surface area contributed by atoms with E-state index in [9.17, 15) is 14.4 Å². The van der Waals surface area contributed by atoms with Gasteiger partial charge < -0.3 is 9.47 Å². The summed E-state index contributed by atoms with van der Waals surface area (Å²) in [7, 11) is 1.47. The van der Waals surface area contributed by atoms with Crippen molar-refractivity contribution >= 4 is 28.5 Å². The molecule has 0 spiro atoms. The van der Waals surface area contributed by atoms with Gasteiger partial charge in [-0.05, 0) is 42.7 Å². The Labute approximate surface area is 189 Å². The molecule has 1 amide bonds. The summed E-state index contributed by atoms with van der Waals surface area (Å²) >= 11 is 1.25. The van der Waals surface area contributed by atoms with E-state index in [-0.39, 0.29) is 18.0 Å². The largest absolute Gasteiger partial charge is 0.493 e. The maximum absolute atomic E-state index is 14.2. The molecule has 2 aromatic carbocycles. The molecule has 0 atom stereocenters. The van der Waals surface area contributed by atoms with Crippen LogP contribution in [0.4, 0.5) is 9.52 Å². The van der Waals surface area contributed by atoms with Crippen molar-refractivity contribution in [1.29, 1.82) is 5.26 Å². The highest BCUT2D eigenvalue weighted by Gasteiger charge is 2.14. The lowest BCUT2D eigenvalue weighted by atomic mass is 10.1. The van der Waals surface area contributed by atoms with Gasteiger partial charge in [-0.15, -0.1) is 10.2 Å². The van der Waals surface area contributed by atoms with Crippen LogP contribution in [-0.4, -0.2) is 23.2 Å². The number of nitrogens with one attached hydrogen (secondary N) is 1. The normalized spacial score (nSPS) is 11.0. The van der Waals surface area contributed by atoms with E-state index in [0.717, 1.165) is 5.01 Å². The van der Waals surface area contributed by atoms with E-state index in [1.54, 1.807) is 43.3 Å². The SMILES string of the molecule is CCc1nnc(NC(=O)C(C#N)=Cc2ccc(OCc3cccc(C)c3F)c(OC)c2)s1. The predicted octanol–water partition coefficient (Wildman–Crippen LogP) is 4.68. The standard InChI is InChI=1S/C23H21FN4O3S/c1-4-20-27-28-23(32-20)26-22(29)17(12-25)10-15-8-9-18(19(11-15)30-3)31-13-16-7-5-6-14(2)21(16)24/h5-11H,4,13H2,1-3H3,(H,26,28,29). The zero-order chi connectivity index (χ0) is 23.1. The topological polar surface area (TPSA) is 97.1 Å². The second-order valence-corrected chi connectivity index (χ2v) is 7.79. The molecule has 0 aliphatic rings. The fourth-order valence-corrected chi connectivity index (χ4v) is 3.47. The van der Waals surface area contributed by atoms with Crippen LogP contribution in [0.5, 0.6) is 11.5 Å². The number of methoxy groups -OCH3 is 1. The molecule has 0 bridgehead atoms. The number of carbonyl (C=O) groups excluding carboxylic acids is 1. The number of aromatic nitrogens is 2. The van der Waals surface area contributed by atoms with Gasteiger partial charge in [0.15, 0.2) is 11.5 Å². The summed E-state index contributed by atoms with van der Waals surface area (Å²) in [5.41, 5.74) is 1.44. The second kappa shape index (κ2) is 10.5. The molecule has 0 aliphatic heterocycles. The monoisotopic (exact) mass is 452 g/mol. The van der Waals surface area contributed by atoms with E-state index in [1.165, 1.54) is 24.5 Å². The van der Waals surface area contributed by atoms with Crippen LogP contribution in [0.15, 0.2) is 42.0 Å². The van der Waals surface area contributed by atoms with Crippen molar-refractivity contribution < 1.29 is 18.7 Å². The smallest absolute Gasteiger partial charge is 0.268 e. The number of carbonyl (C=O) groups is 1. The number of hydrogen-bond donors (Lipinski definition) is 1. The van der Waals surface area contributed by atoms with E-state index in [4.69, 9.17) is 9.47 Å². The van der Waals surface area contributed by atoms with E-state index in [1.807, 2.05) is 13.0 Å². The number of rotatable bonds is 8. The number of nitriles is 1. The van der Waals surface area contributed by atoms with Crippen molar-refractivity contribution in [3.05, 3.63) is 69.5 Å². The molecule has 0 saturated carbocycles. The summed E-state index contributed by atoms with van der Waals surface area (Å²) in [5, 5.41) is 20.9. The number of anilines is 1. The minimum absolute atomic E-state index is 0.0342. The van der Waals surface area contributed by atoms with Crippen molar-refractivity contribution in [2.75, 3.05) is 12.4 Å². The molecule has 1 heterocycles. The Morgan fingerprint density at radius 1 is 1.28 bits per heavy atom. The molecule has 0 saturated heterocycles. The average molecular weight is 453 g/mol. The number of amides is 1. The summed E-state index contributed by atoms with van der Waals surface area (Å²) in [6, 6.07) is 12.0. The van der Waals surface area contributed by atoms with Gasteiger partial charge in [-0.2, -0.15) is 5.26 Å². The lowest BCUT2D eigenvalue weighted by Crippen LogP contribution is -2.13. The summed E-state index contributed by atoms with van der Waals surface area (Å²) in [6.07, 6.45) is 2.14. The van der Waals surface area contributed by atoms with Gasteiger partial charge in [-0.3, -0.25) is 10.1 Å². The first kappa shape index (κ1) is 22.9. The molecule has 3 aromatic rings. The minimum atomic E-state index is -0.583. The highest BCUT2D eigenvalue weighted by atomic mass is 32.1. The molecule has 3 rings (SSSR count). The van der Waals surface area contributed by atoms with Gasteiger partial charge in [0.05, 0.1) is 7.11 Å². The van der Waals surface area contributed by atoms with Crippen molar-refractivity contribution in [3.8, 4) is 17.6 Å². The first-order valence-corrected chi connectivity index (χ1v) is 10.6. The summed E-state index contributed by atoms with van der Waals surface area (Å²) in [4.78, 5) is 12.4. The van der Waals surface area contributed by atoms with Crippen molar-refractivity contribution in [1.82, 2.24) is 10.2 Å². The fraction of sp³-hybridized carbons (Fsp3) is 0.217. The number of aryl methyl sites for hydroxylation is 2.